The molecule has 1 amide bonds. The Kier molecular flexibility index (Phi) is 3.45. The van der Waals surface area contributed by atoms with Gasteiger partial charge >= 0.3 is 0 Å². The Morgan fingerprint density at radius 3 is 2.92 bits per heavy atom. The van der Waals surface area contributed by atoms with Crippen LogP contribution in [0.3, 0.4) is 0 Å². The van der Waals surface area contributed by atoms with Gasteiger partial charge in [0.05, 0.1) is 6.10 Å². The number of hydrogen-bond donors (Lipinski definition) is 2. The van der Waals surface area contributed by atoms with Crippen LogP contribution in [0.4, 0.5) is 0 Å². The lowest BCUT2D eigenvalue weighted by Gasteiger charge is -2.30. The summed E-state index contributed by atoms with van der Waals surface area (Å²) in [6.45, 7) is 6.52. The largest absolute Gasteiger partial charge is 0.392 e. The molecular weight excluding hydrogens is 168 g/mol. The molecule has 2 N–H and O–H groups in total. The van der Waals surface area contributed by atoms with Crippen molar-refractivity contribution in [2.24, 2.45) is 0 Å². The van der Waals surface area contributed by atoms with Gasteiger partial charge in [-0.25, -0.2) is 5.01 Å². The lowest BCUT2D eigenvalue weighted by atomic mass is 10.1. The first-order valence-corrected chi connectivity index (χ1v) is 4.49. The van der Waals surface area contributed by atoms with E-state index in [9.17, 15) is 9.90 Å². The molecule has 1 aliphatic rings. The number of nitrogens with zero attached hydrogens (tertiary/aromatic N) is 1. The number of aliphatic hydroxyl groups is 1. The molecule has 1 aliphatic heterocycles. The molecule has 1 rings (SSSR count). The third-order valence-electron chi connectivity index (χ3n) is 2.04. The molecule has 0 aromatic carbocycles. The summed E-state index contributed by atoms with van der Waals surface area (Å²) < 4.78 is 0. The number of amides is 1. The maximum Gasteiger partial charge on any atom is 0.260 e. The number of β-amino-alcohol motifs (C(OH)–C–C–N with tert-alkyl or cyclic N) is 1. The van der Waals surface area contributed by atoms with E-state index in [0.29, 0.717) is 12.1 Å². The fourth-order valence-electron chi connectivity index (χ4n) is 1.30. The highest BCUT2D eigenvalue weighted by Gasteiger charge is 2.18. The van der Waals surface area contributed by atoms with Crippen molar-refractivity contribution in [1.29, 1.82) is 0 Å². The van der Waals surface area contributed by atoms with Crippen molar-refractivity contribution in [2.75, 3.05) is 13.1 Å². The lowest BCUT2D eigenvalue weighted by molar-refractivity contribution is -0.123. The molecule has 0 aromatic rings. The average Bonchev–Trinajstić information content (AvgIpc) is 2.04. The van der Waals surface area contributed by atoms with Crippen LogP contribution < -0.4 is 5.43 Å². The molecule has 1 unspecified atom stereocenters. The predicted octanol–water partition coefficient (Wildman–Crippen LogP) is 0.0504. The predicted molar refractivity (Wildman–Crippen MR) is 49.8 cm³/mol. The van der Waals surface area contributed by atoms with Crippen molar-refractivity contribution in [3.05, 3.63) is 12.2 Å². The maximum absolute atomic E-state index is 11.2. The summed E-state index contributed by atoms with van der Waals surface area (Å²) in [4.78, 5) is 11.2. The molecule has 0 bridgehead atoms. The average molecular weight is 184 g/mol. The summed E-state index contributed by atoms with van der Waals surface area (Å²) in [5, 5.41) is 11.1. The van der Waals surface area contributed by atoms with Gasteiger partial charge < -0.3 is 5.11 Å². The van der Waals surface area contributed by atoms with E-state index in [4.69, 9.17) is 0 Å². The van der Waals surface area contributed by atoms with Gasteiger partial charge in [0.25, 0.3) is 5.91 Å². The third kappa shape index (κ3) is 3.16. The van der Waals surface area contributed by atoms with Crippen LogP contribution in [0.1, 0.15) is 19.8 Å². The first kappa shape index (κ1) is 10.2. The molecule has 0 spiro atoms. The molecule has 1 fully saturated rings. The van der Waals surface area contributed by atoms with E-state index < -0.39 is 0 Å². The Morgan fingerprint density at radius 1 is 1.69 bits per heavy atom. The second-order valence-electron chi connectivity index (χ2n) is 3.46. The van der Waals surface area contributed by atoms with Gasteiger partial charge in [0.1, 0.15) is 0 Å². The molecule has 74 valence electrons. The van der Waals surface area contributed by atoms with E-state index in [1.165, 1.54) is 0 Å². The van der Waals surface area contributed by atoms with Crippen molar-refractivity contribution in [3.63, 3.8) is 0 Å². The van der Waals surface area contributed by atoms with Crippen molar-refractivity contribution >= 4 is 5.91 Å². The van der Waals surface area contributed by atoms with E-state index in [1.807, 2.05) is 0 Å². The number of nitrogens with one attached hydrogen (secondary N) is 1. The van der Waals surface area contributed by atoms with Crippen LogP contribution in [0.15, 0.2) is 12.2 Å². The van der Waals surface area contributed by atoms with Crippen molar-refractivity contribution in [3.8, 4) is 0 Å². The number of carbonyl (C=O) groups is 1. The molecule has 4 nitrogen and oxygen atoms in total. The van der Waals surface area contributed by atoms with Crippen LogP contribution in [-0.2, 0) is 4.79 Å². The van der Waals surface area contributed by atoms with Crippen LogP contribution in [0.25, 0.3) is 0 Å². The minimum atomic E-state index is -0.320. The fraction of sp³-hybridized carbons (Fsp3) is 0.667. The molecule has 1 atom stereocenters. The zero-order chi connectivity index (χ0) is 9.84. The van der Waals surface area contributed by atoms with Crippen LogP contribution in [0, 0.1) is 0 Å². The van der Waals surface area contributed by atoms with E-state index in [0.717, 1.165) is 19.4 Å². The van der Waals surface area contributed by atoms with E-state index in [1.54, 1.807) is 11.9 Å². The molecule has 13 heavy (non-hydrogen) atoms. The van der Waals surface area contributed by atoms with Gasteiger partial charge in [0, 0.05) is 18.7 Å². The number of hydrogen-bond acceptors (Lipinski definition) is 3. The zero-order valence-corrected chi connectivity index (χ0v) is 7.92. The maximum atomic E-state index is 11.2. The molecule has 1 heterocycles. The Hall–Kier alpha value is -0.870. The number of piperidine rings is 1. The molecule has 0 aromatic heterocycles. The third-order valence-corrected chi connectivity index (χ3v) is 2.04. The number of carbonyl (C=O) groups excluding carboxylic acids is 1. The Labute approximate surface area is 78.2 Å². The minimum Gasteiger partial charge on any atom is -0.392 e. The van der Waals surface area contributed by atoms with Gasteiger partial charge in [0.2, 0.25) is 0 Å². The first-order chi connectivity index (χ1) is 6.09. The quantitative estimate of drug-likeness (QED) is 0.596. The Balaban J connectivity index is 2.36. The first-order valence-electron chi connectivity index (χ1n) is 4.49. The smallest absolute Gasteiger partial charge is 0.260 e. The van der Waals surface area contributed by atoms with Gasteiger partial charge in [-0.2, -0.15) is 0 Å². The van der Waals surface area contributed by atoms with Gasteiger partial charge in [-0.15, -0.1) is 0 Å². The molecule has 0 aliphatic carbocycles. The zero-order valence-electron chi connectivity index (χ0n) is 7.92. The van der Waals surface area contributed by atoms with Crippen molar-refractivity contribution in [2.45, 2.75) is 25.9 Å². The van der Waals surface area contributed by atoms with Crippen molar-refractivity contribution in [1.82, 2.24) is 10.4 Å². The highest BCUT2D eigenvalue weighted by molar-refractivity contribution is 5.91. The van der Waals surface area contributed by atoms with Crippen molar-refractivity contribution < 1.29 is 9.90 Å². The van der Waals surface area contributed by atoms with Crippen LogP contribution in [0.2, 0.25) is 0 Å². The summed E-state index contributed by atoms with van der Waals surface area (Å²) in [7, 11) is 0. The summed E-state index contributed by atoms with van der Waals surface area (Å²) >= 11 is 0. The van der Waals surface area contributed by atoms with E-state index in [-0.39, 0.29) is 12.0 Å². The van der Waals surface area contributed by atoms with Gasteiger partial charge in [-0.3, -0.25) is 10.2 Å². The van der Waals surface area contributed by atoms with Crippen LogP contribution in [-0.4, -0.2) is 35.2 Å². The molecular formula is C9H16N2O2. The molecule has 0 radical (unpaired) electrons. The summed E-state index contributed by atoms with van der Waals surface area (Å²) in [6.07, 6.45) is 1.41. The second kappa shape index (κ2) is 4.39. The highest BCUT2D eigenvalue weighted by atomic mass is 16.3. The lowest BCUT2D eigenvalue weighted by Crippen LogP contribution is -2.49. The summed E-state index contributed by atoms with van der Waals surface area (Å²) in [5.41, 5.74) is 3.17. The standard InChI is InChI=1S/C9H16N2O2/c1-7(2)9(13)10-11-5-3-4-8(12)6-11/h8,12H,1,3-6H2,2H3,(H,10,13). The number of aliphatic hydroxyl groups excluding tert-OH is 1. The number of rotatable bonds is 2. The summed E-state index contributed by atoms with van der Waals surface area (Å²) in [5.74, 6) is -0.172. The minimum absolute atomic E-state index is 0.172. The second-order valence-corrected chi connectivity index (χ2v) is 3.46. The SMILES string of the molecule is C=C(C)C(=O)NN1CCCC(O)C1. The topological polar surface area (TPSA) is 52.6 Å². The Morgan fingerprint density at radius 2 is 2.38 bits per heavy atom. The molecule has 4 heteroatoms. The highest BCUT2D eigenvalue weighted by Crippen LogP contribution is 2.07. The van der Waals surface area contributed by atoms with Gasteiger partial charge in [-0.05, 0) is 19.8 Å². The summed E-state index contributed by atoms with van der Waals surface area (Å²) in [6, 6.07) is 0. The fourth-order valence-corrected chi connectivity index (χ4v) is 1.30. The van der Waals surface area contributed by atoms with Crippen LogP contribution in [0.5, 0.6) is 0 Å². The monoisotopic (exact) mass is 184 g/mol. The van der Waals surface area contributed by atoms with Gasteiger partial charge in [0.15, 0.2) is 0 Å². The Bertz CT molecular complexity index is 216. The van der Waals surface area contributed by atoms with Gasteiger partial charge in [-0.1, -0.05) is 6.58 Å². The van der Waals surface area contributed by atoms with E-state index in [2.05, 4.69) is 12.0 Å². The molecule has 1 saturated heterocycles. The molecule has 0 saturated carbocycles. The number of hydrazine groups is 1. The normalized spacial score (nSPS) is 24.0. The van der Waals surface area contributed by atoms with Crippen LogP contribution >= 0.6 is 0 Å². The van der Waals surface area contributed by atoms with E-state index >= 15 is 0 Å².